The molecule has 170 valence electrons. The third-order valence-electron chi connectivity index (χ3n) is 4.25. The molecule has 0 radical (unpaired) electrons. The fourth-order valence-electron chi connectivity index (χ4n) is 2.63. The van der Waals surface area contributed by atoms with Gasteiger partial charge in [-0.2, -0.15) is 5.10 Å². The monoisotopic (exact) mass is 686 g/mol. The van der Waals surface area contributed by atoms with E-state index in [1.165, 1.54) is 18.3 Å². The van der Waals surface area contributed by atoms with Gasteiger partial charge in [0.05, 0.1) is 26.6 Å². The summed E-state index contributed by atoms with van der Waals surface area (Å²) in [6.45, 7) is 0.340. The number of nitro groups is 1. The van der Waals surface area contributed by atoms with Crippen LogP contribution in [-0.4, -0.2) is 23.6 Å². The largest absolute Gasteiger partial charge is 0.487 e. The second-order valence-corrected chi connectivity index (χ2v) is 9.63. The molecular weight excluding hydrogens is 671 g/mol. The number of ether oxygens (including phenoxy) is 1. The smallest absolute Gasteiger partial charge is 0.269 e. The molecule has 0 heterocycles. The topological polar surface area (TPSA) is 106 Å². The number of nitrogens with one attached hydrogen (secondary N) is 2. The van der Waals surface area contributed by atoms with E-state index in [0.717, 1.165) is 20.4 Å². The van der Waals surface area contributed by atoms with Crippen molar-refractivity contribution in [1.82, 2.24) is 5.43 Å². The lowest BCUT2D eigenvalue weighted by Gasteiger charge is -2.11. The van der Waals surface area contributed by atoms with Crippen LogP contribution in [0.25, 0.3) is 0 Å². The van der Waals surface area contributed by atoms with Crippen LogP contribution in [-0.2, 0) is 11.4 Å². The van der Waals surface area contributed by atoms with Crippen LogP contribution in [0.4, 0.5) is 11.4 Å². The Morgan fingerprint density at radius 1 is 1.09 bits per heavy atom. The van der Waals surface area contributed by atoms with E-state index in [2.05, 4.69) is 70.3 Å². The zero-order valence-electron chi connectivity index (χ0n) is 16.9. The summed E-state index contributed by atoms with van der Waals surface area (Å²) >= 11 is 9.17. The van der Waals surface area contributed by atoms with Crippen molar-refractivity contribution in [3.8, 4) is 5.75 Å². The van der Waals surface area contributed by atoms with Crippen molar-refractivity contribution in [2.75, 3.05) is 11.9 Å². The lowest BCUT2D eigenvalue weighted by Crippen LogP contribution is -2.25. The number of hydrogen-bond donors (Lipinski definition) is 2. The Hall–Kier alpha value is -2.51. The summed E-state index contributed by atoms with van der Waals surface area (Å²) in [6, 6.07) is 17.5. The fraction of sp³-hybridized carbons (Fsp3) is 0.0909. The third-order valence-corrected chi connectivity index (χ3v) is 6.15. The number of non-ortho nitro benzene ring substituents is 1. The van der Waals surface area contributed by atoms with Crippen molar-refractivity contribution in [2.45, 2.75) is 6.61 Å². The second-order valence-electron chi connectivity index (χ2n) is 6.68. The molecule has 2 N–H and O–H groups in total. The van der Waals surface area contributed by atoms with Gasteiger partial charge in [-0.15, -0.1) is 0 Å². The molecule has 3 aromatic rings. The molecule has 0 saturated carbocycles. The minimum atomic E-state index is -0.444. The number of carbonyl (C=O) groups is 1. The number of benzene rings is 3. The molecule has 3 aromatic carbocycles. The van der Waals surface area contributed by atoms with Gasteiger partial charge in [0.2, 0.25) is 0 Å². The van der Waals surface area contributed by atoms with E-state index in [0.29, 0.717) is 14.7 Å². The number of hydrazone groups is 1. The molecule has 0 bridgehead atoms. The first-order chi connectivity index (χ1) is 15.8. The lowest BCUT2D eigenvalue weighted by molar-refractivity contribution is -0.384. The van der Waals surface area contributed by atoms with Crippen molar-refractivity contribution in [3.63, 3.8) is 0 Å². The summed E-state index contributed by atoms with van der Waals surface area (Å²) in [6.07, 6.45) is 1.53. The lowest BCUT2D eigenvalue weighted by atomic mass is 10.2. The van der Waals surface area contributed by atoms with E-state index >= 15 is 0 Å². The van der Waals surface area contributed by atoms with Crippen LogP contribution in [0, 0.1) is 13.7 Å². The molecule has 0 fully saturated rings. The SMILES string of the molecule is O=C(CNc1ccc(I)cc1)N/N=C\c1cc(Br)c(OCc2ccc([N+](=O)[O-])cc2)c(Br)c1. The Morgan fingerprint density at radius 2 is 1.73 bits per heavy atom. The van der Waals surface area contributed by atoms with Gasteiger partial charge >= 0.3 is 0 Å². The van der Waals surface area contributed by atoms with Crippen molar-refractivity contribution >= 4 is 77.9 Å². The number of amides is 1. The fourth-order valence-corrected chi connectivity index (χ4v) is 4.44. The van der Waals surface area contributed by atoms with Crippen molar-refractivity contribution < 1.29 is 14.5 Å². The molecule has 0 aliphatic carbocycles. The van der Waals surface area contributed by atoms with Crippen LogP contribution in [0.15, 0.2) is 74.7 Å². The number of rotatable bonds is 9. The first-order valence-corrected chi connectivity index (χ1v) is 12.1. The molecule has 0 unspecified atom stereocenters. The van der Waals surface area contributed by atoms with Gasteiger partial charge in [-0.3, -0.25) is 14.9 Å². The number of carbonyl (C=O) groups excluding carboxylic acids is 1. The molecule has 0 atom stereocenters. The third kappa shape index (κ3) is 7.79. The Morgan fingerprint density at radius 3 is 2.33 bits per heavy atom. The minimum Gasteiger partial charge on any atom is -0.487 e. The van der Waals surface area contributed by atoms with Gasteiger partial charge in [0.15, 0.2) is 0 Å². The van der Waals surface area contributed by atoms with E-state index in [9.17, 15) is 14.9 Å². The second kappa shape index (κ2) is 12.1. The Kier molecular flexibility index (Phi) is 9.21. The molecule has 0 aromatic heterocycles. The highest BCUT2D eigenvalue weighted by Crippen LogP contribution is 2.35. The predicted octanol–water partition coefficient (Wildman–Crippen LogP) is 5.87. The number of anilines is 1. The summed E-state index contributed by atoms with van der Waals surface area (Å²) in [5.41, 5.74) is 4.90. The van der Waals surface area contributed by atoms with Gasteiger partial charge in [-0.05, 0) is 114 Å². The standard InChI is InChI=1S/C22H17Br2IN4O4/c23-19-9-15(11-27-28-21(30)12-26-17-5-3-16(25)4-6-17)10-20(24)22(19)33-13-14-1-7-18(8-2-14)29(31)32/h1-11,26H,12-13H2,(H,28,30)/b27-11-. The maximum atomic E-state index is 12.0. The van der Waals surface area contributed by atoms with E-state index in [1.54, 1.807) is 24.3 Å². The van der Waals surface area contributed by atoms with Crippen LogP contribution >= 0.6 is 54.5 Å². The van der Waals surface area contributed by atoms with Gasteiger partial charge in [-0.1, -0.05) is 0 Å². The number of nitro benzene ring substituents is 1. The first kappa shape index (κ1) is 25.1. The summed E-state index contributed by atoms with van der Waals surface area (Å²) < 4.78 is 8.34. The molecule has 8 nitrogen and oxygen atoms in total. The molecule has 0 saturated heterocycles. The van der Waals surface area contributed by atoms with Crippen LogP contribution in [0.2, 0.25) is 0 Å². The van der Waals surface area contributed by atoms with Crippen molar-refractivity contribution in [1.29, 1.82) is 0 Å². The molecule has 3 rings (SSSR count). The number of halogens is 3. The van der Waals surface area contributed by atoms with Crippen molar-refractivity contribution in [3.05, 3.63) is 94.4 Å². The van der Waals surface area contributed by atoms with Crippen LogP contribution < -0.4 is 15.5 Å². The summed E-state index contributed by atoms with van der Waals surface area (Å²) in [5.74, 6) is 0.308. The molecule has 0 aliphatic heterocycles. The zero-order valence-corrected chi connectivity index (χ0v) is 22.3. The highest BCUT2D eigenvalue weighted by molar-refractivity contribution is 14.1. The van der Waals surface area contributed by atoms with E-state index in [4.69, 9.17) is 4.74 Å². The normalized spacial score (nSPS) is 10.8. The average Bonchev–Trinajstić information content (AvgIpc) is 2.78. The van der Waals surface area contributed by atoms with Gasteiger partial charge in [-0.25, -0.2) is 5.43 Å². The highest BCUT2D eigenvalue weighted by atomic mass is 127. The Balaban J connectivity index is 1.53. The molecule has 33 heavy (non-hydrogen) atoms. The molecule has 11 heteroatoms. The summed E-state index contributed by atoms with van der Waals surface area (Å²) in [5, 5.41) is 17.8. The number of nitrogens with zero attached hydrogens (tertiary/aromatic N) is 2. The number of hydrogen-bond acceptors (Lipinski definition) is 6. The average molecular weight is 688 g/mol. The van der Waals surface area contributed by atoms with Crippen LogP contribution in [0.1, 0.15) is 11.1 Å². The highest BCUT2D eigenvalue weighted by Gasteiger charge is 2.10. The molecule has 0 aliphatic rings. The summed E-state index contributed by atoms with van der Waals surface area (Å²) in [4.78, 5) is 22.3. The maximum Gasteiger partial charge on any atom is 0.269 e. The van der Waals surface area contributed by atoms with Gasteiger partial charge in [0, 0.05) is 21.4 Å². The van der Waals surface area contributed by atoms with Gasteiger partial charge < -0.3 is 10.1 Å². The van der Waals surface area contributed by atoms with E-state index in [1.807, 2.05) is 24.3 Å². The van der Waals surface area contributed by atoms with E-state index in [-0.39, 0.29) is 24.7 Å². The van der Waals surface area contributed by atoms with Gasteiger partial charge in [0.1, 0.15) is 12.4 Å². The Bertz CT molecular complexity index is 1150. The van der Waals surface area contributed by atoms with Crippen molar-refractivity contribution in [2.24, 2.45) is 5.10 Å². The molecule has 1 amide bonds. The van der Waals surface area contributed by atoms with Crippen LogP contribution in [0.3, 0.4) is 0 Å². The first-order valence-electron chi connectivity index (χ1n) is 9.48. The zero-order chi connectivity index (χ0) is 23.8. The van der Waals surface area contributed by atoms with Crippen LogP contribution in [0.5, 0.6) is 5.75 Å². The summed E-state index contributed by atoms with van der Waals surface area (Å²) in [7, 11) is 0. The van der Waals surface area contributed by atoms with Gasteiger partial charge in [0.25, 0.3) is 11.6 Å². The molecular formula is C22H17Br2IN4O4. The minimum absolute atomic E-state index is 0.0301. The molecule has 0 spiro atoms. The van der Waals surface area contributed by atoms with E-state index < -0.39 is 4.92 Å². The maximum absolute atomic E-state index is 12.0. The predicted molar refractivity (Wildman–Crippen MR) is 143 cm³/mol. The Labute approximate surface area is 220 Å². The quantitative estimate of drug-likeness (QED) is 0.127.